The fourth-order valence-corrected chi connectivity index (χ4v) is 1.25. The van der Waals surface area contributed by atoms with Crippen LogP contribution in [0.3, 0.4) is 0 Å². The molecule has 0 saturated heterocycles. The van der Waals surface area contributed by atoms with E-state index in [1.165, 1.54) is 5.56 Å². The van der Waals surface area contributed by atoms with Crippen molar-refractivity contribution >= 4 is 0 Å². The highest BCUT2D eigenvalue weighted by Crippen LogP contribution is 2.21. The Bertz CT molecular complexity index is 318. The Hall–Kier alpha value is -1.02. The molecule has 0 aromatic heterocycles. The zero-order valence-corrected chi connectivity index (χ0v) is 9.95. The molecule has 1 rings (SSSR count). The molecule has 0 fully saturated rings. The minimum absolute atomic E-state index is 0.232. The number of aliphatic hydroxyl groups excluding tert-OH is 1. The molecule has 1 atom stereocenters. The molecule has 1 aromatic carbocycles. The molecular weight excluding hydrogens is 188 g/mol. The van der Waals surface area contributed by atoms with Crippen molar-refractivity contribution in [2.24, 2.45) is 5.92 Å². The summed E-state index contributed by atoms with van der Waals surface area (Å²) < 4.78 is 5.59. The van der Waals surface area contributed by atoms with Gasteiger partial charge < -0.3 is 9.84 Å². The summed E-state index contributed by atoms with van der Waals surface area (Å²) >= 11 is 0. The molecule has 84 valence electrons. The summed E-state index contributed by atoms with van der Waals surface area (Å²) in [5, 5.41) is 9.62. The predicted molar refractivity (Wildman–Crippen MR) is 62.3 cm³/mol. The van der Waals surface area contributed by atoms with Gasteiger partial charge in [-0.25, -0.2) is 0 Å². The molecule has 0 amide bonds. The number of benzene rings is 1. The third-order valence-electron chi connectivity index (χ3n) is 2.73. The van der Waals surface area contributed by atoms with Gasteiger partial charge in [-0.3, -0.25) is 0 Å². The van der Waals surface area contributed by atoms with Crippen LogP contribution in [0.1, 0.15) is 25.0 Å². The van der Waals surface area contributed by atoms with Gasteiger partial charge in [0.25, 0.3) is 0 Å². The molecule has 1 N–H and O–H groups in total. The van der Waals surface area contributed by atoms with E-state index in [0.29, 0.717) is 6.61 Å². The van der Waals surface area contributed by atoms with Crippen LogP contribution in [0.15, 0.2) is 18.2 Å². The van der Waals surface area contributed by atoms with E-state index in [1.54, 1.807) is 0 Å². The van der Waals surface area contributed by atoms with E-state index in [1.807, 2.05) is 32.9 Å². The monoisotopic (exact) mass is 208 g/mol. The Labute approximate surface area is 91.9 Å². The normalized spacial score (nSPS) is 12.9. The second kappa shape index (κ2) is 5.17. The number of rotatable bonds is 4. The minimum Gasteiger partial charge on any atom is -0.491 e. The summed E-state index contributed by atoms with van der Waals surface area (Å²) in [7, 11) is 0. The quantitative estimate of drug-likeness (QED) is 0.824. The first-order valence-electron chi connectivity index (χ1n) is 5.39. The maximum Gasteiger partial charge on any atom is 0.122 e. The van der Waals surface area contributed by atoms with E-state index in [4.69, 9.17) is 4.74 Å². The first kappa shape index (κ1) is 12.1. The van der Waals surface area contributed by atoms with Gasteiger partial charge >= 0.3 is 0 Å². The molecule has 0 aliphatic heterocycles. The molecule has 1 aromatic rings. The van der Waals surface area contributed by atoms with Gasteiger partial charge in [-0.2, -0.15) is 0 Å². The number of hydrogen-bond acceptors (Lipinski definition) is 2. The van der Waals surface area contributed by atoms with Crippen molar-refractivity contribution in [2.75, 3.05) is 6.61 Å². The number of hydrogen-bond donors (Lipinski definition) is 1. The molecular formula is C13H20O2. The van der Waals surface area contributed by atoms with Crippen LogP contribution in [-0.4, -0.2) is 17.8 Å². The van der Waals surface area contributed by atoms with Gasteiger partial charge in [0.05, 0.1) is 6.10 Å². The Morgan fingerprint density at radius 2 is 1.93 bits per heavy atom. The van der Waals surface area contributed by atoms with E-state index >= 15 is 0 Å². The zero-order chi connectivity index (χ0) is 11.4. The van der Waals surface area contributed by atoms with Crippen LogP contribution in [0.2, 0.25) is 0 Å². The Morgan fingerprint density at radius 1 is 1.27 bits per heavy atom. The number of aliphatic hydroxyl groups is 1. The lowest BCUT2D eigenvalue weighted by atomic mass is 10.1. The van der Waals surface area contributed by atoms with Crippen LogP contribution in [0.4, 0.5) is 0 Å². The van der Waals surface area contributed by atoms with Crippen LogP contribution in [0.25, 0.3) is 0 Å². The lowest BCUT2D eigenvalue weighted by Gasteiger charge is -2.17. The SMILES string of the molecule is Cc1cccc(OCC(O)C(C)C)c1C. The molecule has 0 bridgehead atoms. The van der Waals surface area contributed by atoms with Gasteiger partial charge in [0.2, 0.25) is 0 Å². The Kier molecular flexibility index (Phi) is 4.15. The van der Waals surface area contributed by atoms with Gasteiger partial charge in [0.1, 0.15) is 12.4 Å². The van der Waals surface area contributed by atoms with Crippen molar-refractivity contribution in [3.05, 3.63) is 29.3 Å². The van der Waals surface area contributed by atoms with E-state index in [0.717, 1.165) is 11.3 Å². The molecule has 0 spiro atoms. The summed E-state index contributed by atoms with van der Waals surface area (Å²) in [6.45, 7) is 8.42. The summed E-state index contributed by atoms with van der Waals surface area (Å²) in [4.78, 5) is 0. The third-order valence-corrected chi connectivity index (χ3v) is 2.73. The van der Waals surface area contributed by atoms with Crippen molar-refractivity contribution in [2.45, 2.75) is 33.8 Å². The maximum atomic E-state index is 9.62. The molecule has 2 heteroatoms. The molecule has 2 nitrogen and oxygen atoms in total. The van der Waals surface area contributed by atoms with Crippen LogP contribution >= 0.6 is 0 Å². The predicted octanol–water partition coefficient (Wildman–Crippen LogP) is 2.70. The van der Waals surface area contributed by atoms with Crippen molar-refractivity contribution in [1.29, 1.82) is 0 Å². The van der Waals surface area contributed by atoms with Crippen LogP contribution in [-0.2, 0) is 0 Å². The first-order chi connectivity index (χ1) is 7.02. The fourth-order valence-electron chi connectivity index (χ4n) is 1.25. The van der Waals surface area contributed by atoms with E-state index in [9.17, 15) is 5.11 Å². The van der Waals surface area contributed by atoms with E-state index < -0.39 is 6.10 Å². The lowest BCUT2D eigenvalue weighted by Crippen LogP contribution is -2.23. The van der Waals surface area contributed by atoms with Crippen LogP contribution in [0, 0.1) is 19.8 Å². The van der Waals surface area contributed by atoms with Gasteiger partial charge in [0, 0.05) is 0 Å². The highest BCUT2D eigenvalue weighted by molar-refractivity contribution is 5.38. The summed E-state index contributed by atoms with van der Waals surface area (Å²) in [6, 6.07) is 5.97. The lowest BCUT2D eigenvalue weighted by molar-refractivity contribution is 0.0698. The molecule has 0 aliphatic rings. The second-order valence-electron chi connectivity index (χ2n) is 4.32. The minimum atomic E-state index is -0.398. The average Bonchev–Trinajstić information content (AvgIpc) is 2.19. The maximum absolute atomic E-state index is 9.62. The molecule has 1 unspecified atom stereocenters. The Balaban J connectivity index is 2.62. The molecule has 15 heavy (non-hydrogen) atoms. The first-order valence-corrected chi connectivity index (χ1v) is 5.39. The smallest absolute Gasteiger partial charge is 0.122 e. The van der Waals surface area contributed by atoms with Crippen molar-refractivity contribution in [1.82, 2.24) is 0 Å². The van der Waals surface area contributed by atoms with Crippen molar-refractivity contribution < 1.29 is 9.84 Å². The zero-order valence-electron chi connectivity index (χ0n) is 9.95. The standard InChI is InChI=1S/C13H20O2/c1-9(2)12(14)8-15-13-7-5-6-10(3)11(13)4/h5-7,9,12,14H,8H2,1-4H3. The van der Waals surface area contributed by atoms with E-state index in [-0.39, 0.29) is 5.92 Å². The fraction of sp³-hybridized carbons (Fsp3) is 0.538. The van der Waals surface area contributed by atoms with Gasteiger partial charge in [-0.15, -0.1) is 0 Å². The summed E-state index contributed by atoms with van der Waals surface area (Å²) in [5.41, 5.74) is 2.36. The third kappa shape index (κ3) is 3.24. The van der Waals surface area contributed by atoms with Crippen molar-refractivity contribution in [3.8, 4) is 5.75 Å². The van der Waals surface area contributed by atoms with Crippen molar-refractivity contribution in [3.63, 3.8) is 0 Å². The second-order valence-corrected chi connectivity index (χ2v) is 4.32. The Morgan fingerprint density at radius 3 is 2.53 bits per heavy atom. The van der Waals surface area contributed by atoms with Gasteiger partial charge in [-0.1, -0.05) is 26.0 Å². The molecule has 0 aliphatic carbocycles. The largest absolute Gasteiger partial charge is 0.491 e. The highest BCUT2D eigenvalue weighted by atomic mass is 16.5. The molecule has 0 saturated carbocycles. The number of aryl methyl sites for hydroxylation is 1. The van der Waals surface area contributed by atoms with Gasteiger partial charge in [0.15, 0.2) is 0 Å². The molecule has 0 heterocycles. The van der Waals surface area contributed by atoms with Crippen LogP contribution in [0.5, 0.6) is 5.75 Å². The molecule has 0 radical (unpaired) electrons. The van der Waals surface area contributed by atoms with E-state index in [2.05, 4.69) is 13.0 Å². The van der Waals surface area contributed by atoms with Crippen LogP contribution < -0.4 is 4.74 Å². The van der Waals surface area contributed by atoms with Gasteiger partial charge in [-0.05, 0) is 37.0 Å². The highest BCUT2D eigenvalue weighted by Gasteiger charge is 2.10. The number of ether oxygens (including phenoxy) is 1. The summed E-state index contributed by atoms with van der Waals surface area (Å²) in [6.07, 6.45) is -0.398. The summed E-state index contributed by atoms with van der Waals surface area (Å²) in [5.74, 6) is 1.10. The average molecular weight is 208 g/mol. The topological polar surface area (TPSA) is 29.5 Å².